The Labute approximate surface area is 247 Å². The molecule has 0 atom stereocenters. The van der Waals surface area contributed by atoms with Crippen molar-refractivity contribution in [3.05, 3.63) is 83.2 Å². The molecule has 0 aliphatic carbocycles. The van der Waals surface area contributed by atoms with Crippen LogP contribution < -0.4 is 10.4 Å². The number of carbonyl (C=O) groups excluding carboxylic acids is 2. The van der Waals surface area contributed by atoms with Crippen LogP contribution in [-0.4, -0.2) is 43.6 Å². The molecule has 3 aromatic rings. The van der Waals surface area contributed by atoms with Gasteiger partial charge >= 0.3 is 11.9 Å². The topological polar surface area (TPSA) is 66.8 Å². The minimum absolute atomic E-state index is 0.130. The van der Waals surface area contributed by atoms with E-state index in [0.717, 1.165) is 6.42 Å². The molecule has 0 fully saturated rings. The molecule has 1 heterocycles. The Kier molecular flexibility index (Phi) is 10.4. The number of rotatable bonds is 11. The lowest BCUT2D eigenvalue weighted by Gasteiger charge is -2.43. The lowest BCUT2D eigenvalue weighted by molar-refractivity contribution is 0.00678. The average Bonchev–Trinajstić information content (AvgIpc) is 3.15. The Morgan fingerprint density at radius 2 is 1.34 bits per heavy atom. The van der Waals surface area contributed by atoms with E-state index in [1.807, 2.05) is 51.3 Å². The number of carbonyl (C=O) groups is 2. The molecule has 0 bridgehead atoms. The summed E-state index contributed by atoms with van der Waals surface area (Å²) in [4.78, 5) is 26.4. The van der Waals surface area contributed by atoms with E-state index in [4.69, 9.17) is 13.9 Å². The number of ether oxygens (including phenoxy) is 2. The summed E-state index contributed by atoms with van der Waals surface area (Å²) in [6.07, 6.45) is 1.37. The maximum atomic E-state index is 13.2. The molecule has 0 spiro atoms. The molecule has 0 saturated carbocycles. The molecule has 0 amide bonds. The number of aromatic nitrogens is 1. The van der Waals surface area contributed by atoms with Crippen LogP contribution in [0.5, 0.6) is 0 Å². The van der Waals surface area contributed by atoms with Gasteiger partial charge in [0, 0.05) is 18.8 Å². The molecule has 3 rings (SSSR count). The third-order valence-electron chi connectivity index (χ3n) is 7.26. The van der Waals surface area contributed by atoms with Gasteiger partial charge in [0.05, 0.1) is 12.2 Å². The highest BCUT2D eigenvalue weighted by Gasteiger charge is 2.50. The number of benzene rings is 2. The molecule has 0 saturated heterocycles. The summed E-state index contributed by atoms with van der Waals surface area (Å²) >= 11 is 0. The molecule has 0 aliphatic rings. The lowest BCUT2D eigenvalue weighted by atomic mass is 10.1. The van der Waals surface area contributed by atoms with Gasteiger partial charge < -0.3 is 18.5 Å². The summed E-state index contributed by atoms with van der Waals surface area (Å²) in [5, 5.41) is 2.32. The van der Waals surface area contributed by atoms with Crippen LogP contribution in [0.3, 0.4) is 0 Å². The first-order valence-electron chi connectivity index (χ1n) is 14.6. The Morgan fingerprint density at radius 3 is 1.80 bits per heavy atom. The summed E-state index contributed by atoms with van der Waals surface area (Å²) in [5.74, 6) is -0.852. The van der Waals surface area contributed by atoms with Crippen molar-refractivity contribution in [3.8, 4) is 0 Å². The van der Waals surface area contributed by atoms with Crippen molar-refractivity contribution in [3.63, 3.8) is 0 Å². The number of nitrogens with zero attached hydrogens (tertiary/aromatic N) is 1. The van der Waals surface area contributed by atoms with Crippen LogP contribution in [0.1, 0.15) is 93.4 Å². The Morgan fingerprint density at radius 1 is 0.805 bits per heavy atom. The van der Waals surface area contributed by atoms with E-state index in [2.05, 4.69) is 69.3 Å². The van der Waals surface area contributed by atoms with Crippen LogP contribution >= 0.6 is 0 Å². The predicted octanol–water partition coefficient (Wildman–Crippen LogP) is 6.59. The van der Waals surface area contributed by atoms with Crippen LogP contribution in [-0.2, 0) is 20.4 Å². The van der Waals surface area contributed by atoms with Gasteiger partial charge in [0.1, 0.15) is 11.3 Å². The van der Waals surface area contributed by atoms with Crippen LogP contribution in [0.4, 0.5) is 0 Å². The molecular weight excluding hydrogens is 530 g/mol. The van der Waals surface area contributed by atoms with Gasteiger partial charge in [-0.15, -0.1) is 0 Å². The van der Waals surface area contributed by atoms with E-state index in [-0.39, 0.29) is 5.04 Å². The van der Waals surface area contributed by atoms with Gasteiger partial charge in [0.2, 0.25) is 0 Å². The molecule has 0 N–H and O–H groups in total. The summed E-state index contributed by atoms with van der Waals surface area (Å²) in [5.41, 5.74) is 1.47. The molecule has 1 aromatic heterocycles. The predicted molar refractivity (Wildman–Crippen MR) is 168 cm³/mol. The molecule has 0 aliphatic heterocycles. The van der Waals surface area contributed by atoms with Gasteiger partial charge in [-0.05, 0) is 68.4 Å². The standard InChI is InChI=1S/C34H47NO5Si/c1-10-23-38-32(37)30-25(2)29(31(36)40-33(4,5)6)26(3)35(30)22-17-24-39-41(34(7,8)9,27-18-13-11-14-19-27)28-20-15-12-16-21-28/h11-16,18-21H,10,17,22-24H2,1-9H3. The zero-order valence-corrected chi connectivity index (χ0v) is 27.3. The van der Waals surface area contributed by atoms with E-state index < -0.39 is 25.9 Å². The second-order valence-corrected chi connectivity index (χ2v) is 16.9. The maximum Gasteiger partial charge on any atom is 0.355 e. The third-order valence-corrected chi connectivity index (χ3v) is 12.3. The Bertz CT molecular complexity index is 1280. The molecular formula is C34H47NO5Si. The van der Waals surface area contributed by atoms with Crippen LogP contribution in [0, 0.1) is 13.8 Å². The largest absolute Gasteiger partial charge is 0.461 e. The number of esters is 2. The summed E-state index contributed by atoms with van der Waals surface area (Å²) in [7, 11) is -2.68. The van der Waals surface area contributed by atoms with Crippen molar-refractivity contribution in [2.75, 3.05) is 13.2 Å². The lowest BCUT2D eigenvalue weighted by Crippen LogP contribution is -2.66. The van der Waals surface area contributed by atoms with Gasteiger partial charge in [0.25, 0.3) is 8.32 Å². The number of hydrogen-bond acceptors (Lipinski definition) is 5. The normalized spacial score (nSPS) is 12.3. The zero-order valence-electron chi connectivity index (χ0n) is 26.3. The molecule has 222 valence electrons. The summed E-state index contributed by atoms with van der Waals surface area (Å²) < 4.78 is 20.2. The van der Waals surface area contributed by atoms with E-state index >= 15 is 0 Å². The van der Waals surface area contributed by atoms with Crippen molar-refractivity contribution < 1.29 is 23.5 Å². The molecule has 41 heavy (non-hydrogen) atoms. The first-order chi connectivity index (χ1) is 19.2. The second-order valence-electron chi connectivity index (χ2n) is 12.6. The van der Waals surface area contributed by atoms with E-state index in [9.17, 15) is 9.59 Å². The van der Waals surface area contributed by atoms with E-state index in [1.165, 1.54) is 10.4 Å². The third kappa shape index (κ3) is 7.19. The van der Waals surface area contributed by atoms with Crippen LogP contribution in [0.2, 0.25) is 5.04 Å². The Hall–Kier alpha value is -3.16. The zero-order chi connectivity index (χ0) is 30.4. The Balaban J connectivity index is 1.96. The van der Waals surface area contributed by atoms with E-state index in [1.54, 1.807) is 6.92 Å². The molecule has 6 nitrogen and oxygen atoms in total. The first kappa shape index (κ1) is 32.4. The maximum absolute atomic E-state index is 13.2. The van der Waals surface area contributed by atoms with E-state index in [0.29, 0.717) is 48.7 Å². The molecule has 0 radical (unpaired) electrons. The summed E-state index contributed by atoms with van der Waals surface area (Å²) in [6, 6.07) is 21.1. The van der Waals surface area contributed by atoms with Crippen LogP contribution in [0.15, 0.2) is 60.7 Å². The fraction of sp³-hybridized carbons (Fsp3) is 0.471. The van der Waals surface area contributed by atoms with Crippen molar-refractivity contribution in [2.24, 2.45) is 0 Å². The fourth-order valence-corrected chi connectivity index (χ4v) is 10.1. The van der Waals surface area contributed by atoms with Gasteiger partial charge in [-0.1, -0.05) is 88.4 Å². The van der Waals surface area contributed by atoms with Crippen molar-refractivity contribution >= 4 is 30.6 Å². The van der Waals surface area contributed by atoms with Gasteiger partial charge in [-0.3, -0.25) is 0 Å². The molecule has 2 aromatic carbocycles. The van der Waals surface area contributed by atoms with Gasteiger partial charge in [0.15, 0.2) is 0 Å². The van der Waals surface area contributed by atoms with Crippen molar-refractivity contribution in [1.82, 2.24) is 4.57 Å². The van der Waals surface area contributed by atoms with Gasteiger partial charge in [-0.25, -0.2) is 9.59 Å². The number of hydrogen-bond donors (Lipinski definition) is 0. The minimum Gasteiger partial charge on any atom is -0.461 e. The average molecular weight is 578 g/mol. The fourth-order valence-electron chi connectivity index (χ4n) is 5.54. The van der Waals surface area contributed by atoms with Crippen molar-refractivity contribution in [1.29, 1.82) is 0 Å². The SMILES string of the molecule is CCCOC(=O)c1c(C)c(C(=O)OC(C)(C)C)c(C)n1CCCO[Si](c1ccccc1)(c1ccccc1)C(C)(C)C. The molecule has 0 unspecified atom stereocenters. The smallest absolute Gasteiger partial charge is 0.355 e. The molecule has 7 heteroatoms. The van der Waals surface area contributed by atoms with Gasteiger partial charge in [-0.2, -0.15) is 0 Å². The quantitative estimate of drug-likeness (QED) is 0.146. The summed E-state index contributed by atoms with van der Waals surface area (Å²) in [6.45, 7) is 19.2. The van der Waals surface area contributed by atoms with Crippen molar-refractivity contribution in [2.45, 2.75) is 92.3 Å². The second kappa shape index (κ2) is 13.2. The highest BCUT2D eigenvalue weighted by Crippen LogP contribution is 2.37. The minimum atomic E-state index is -2.68. The highest BCUT2D eigenvalue weighted by atomic mass is 28.4. The first-order valence-corrected chi connectivity index (χ1v) is 16.5. The van der Waals surface area contributed by atoms with Crippen LogP contribution in [0.25, 0.3) is 0 Å². The monoisotopic (exact) mass is 577 g/mol. The highest BCUT2D eigenvalue weighted by molar-refractivity contribution is 6.99.